The van der Waals surface area contributed by atoms with Gasteiger partial charge in [0.15, 0.2) is 5.96 Å². The normalized spacial score (nSPS) is 22.5. The van der Waals surface area contributed by atoms with Crippen molar-refractivity contribution in [2.24, 2.45) is 12.0 Å². The maximum atomic E-state index is 4.67. The van der Waals surface area contributed by atoms with Crippen molar-refractivity contribution < 1.29 is 0 Å². The summed E-state index contributed by atoms with van der Waals surface area (Å²) in [5, 5.41) is 11.1. The van der Waals surface area contributed by atoms with E-state index in [0.29, 0.717) is 12.6 Å². The molecule has 22 heavy (non-hydrogen) atoms. The zero-order chi connectivity index (χ0) is 14.7. The van der Waals surface area contributed by atoms with Gasteiger partial charge in [0.25, 0.3) is 0 Å². The minimum Gasteiger partial charge on any atom is -0.357 e. The number of guanidine groups is 1. The first-order chi connectivity index (χ1) is 10.2. The number of rotatable bonds is 5. The topological polar surface area (TPSA) is 57.5 Å². The van der Waals surface area contributed by atoms with E-state index in [1.165, 1.54) is 25.8 Å². The van der Waals surface area contributed by atoms with E-state index in [2.05, 4.69) is 32.5 Å². The Labute approximate surface area is 149 Å². The van der Waals surface area contributed by atoms with Gasteiger partial charge in [-0.05, 0) is 26.2 Å². The van der Waals surface area contributed by atoms with Gasteiger partial charge in [-0.25, -0.2) is 4.99 Å². The Balaban J connectivity index is 0.00000176. The lowest BCUT2D eigenvalue weighted by Gasteiger charge is -2.18. The van der Waals surface area contributed by atoms with Crippen LogP contribution in [-0.4, -0.2) is 52.4 Å². The lowest BCUT2D eigenvalue weighted by Crippen LogP contribution is -2.44. The first kappa shape index (κ1) is 17.5. The van der Waals surface area contributed by atoms with Gasteiger partial charge < -0.3 is 10.6 Å². The van der Waals surface area contributed by atoms with Crippen LogP contribution in [0.2, 0.25) is 0 Å². The predicted octanol–water partition coefficient (Wildman–Crippen LogP) is 1.33. The Hall–Kier alpha value is -0.830. The van der Waals surface area contributed by atoms with Crippen molar-refractivity contribution in [3.63, 3.8) is 0 Å². The van der Waals surface area contributed by atoms with Gasteiger partial charge in [0, 0.05) is 50.5 Å². The smallest absolute Gasteiger partial charge is 0.191 e. The summed E-state index contributed by atoms with van der Waals surface area (Å²) >= 11 is 0. The summed E-state index contributed by atoms with van der Waals surface area (Å²) in [5.41, 5.74) is 1.14. The van der Waals surface area contributed by atoms with Crippen molar-refractivity contribution in [2.45, 2.75) is 44.8 Å². The molecule has 0 spiro atoms. The van der Waals surface area contributed by atoms with Crippen LogP contribution < -0.4 is 10.6 Å². The van der Waals surface area contributed by atoms with Crippen LogP contribution >= 0.6 is 24.0 Å². The summed E-state index contributed by atoms with van der Waals surface area (Å²) in [7, 11) is 1.93. The van der Waals surface area contributed by atoms with Crippen LogP contribution in [0.25, 0.3) is 0 Å². The second kappa shape index (κ2) is 8.14. The molecule has 1 unspecified atom stereocenters. The lowest BCUT2D eigenvalue weighted by atomic mass is 10.3. The van der Waals surface area contributed by atoms with Crippen molar-refractivity contribution in [3.8, 4) is 0 Å². The summed E-state index contributed by atoms with van der Waals surface area (Å²) in [5.74, 6) is 0.920. The molecule has 3 rings (SSSR count). The standard InChI is InChI=1S/C15H26N6.HI/c1-3-16-15(17-8-12-9-18-20(2)10-12)19-13-6-7-21(11-13)14-4-5-14;/h9-10,13-14H,3-8,11H2,1-2H3,(H2,16,17,19);1H. The van der Waals surface area contributed by atoms with Crippen LogP contribution in [-0.2, 0) is 13.6 Å². The highest BCUT2D eigenvalue weighted by Crippen LogP contribution is 2.29. The van der Waals surface area contributed by atoms with Crippen LogP contribution in [0.15, 0.2) is 17.4 Å². The van der Waals surface area contributed by atoms with Gasteiger partial charge in [0.1, 0.15) is 0 Å². The second-order valence-corrected chi connectivity index (χ2v) is 6.07. The number of aromatic nitrogens is 2. The van der Waals surface area contributed by atoms with Gasteiger partial charge in [-0.1, -0.05) is 0 Å². The quantitative estimate of drug-likeness (QED) is 0.431. The average molecular weight is 418 g/mol. The molecular formula is C15H27IN6. The van der Waals surface area contributed by atoms with E-state index in [4.69, 9.17) is 0 Å². The van der Waals surface area contributed by atoms with Gasteiger partial charge in [-0.2, -0.15) is 5.10 Å². The Morgan fingerprint density at radius 3 is 2.86 bits per heavy atom. The number of nitrogens with zero attached hydrogens (tertiary/aromatic N) is 4. The van der Waals surface area contributed by atoms with Gasteiger partial charge in [-0.3, -0.25) is 9.58 Å². The Kier molecular flexibility index (Phi) is 6.49. The Morgan fingerprint density at radius 2 is 2.23 bits per heavy atom. The van der Waals surface area contributed by atoms with Crippen molar-refractivity contribution >= 4 is 29.9 Å². The molecule has 2 N–H and O–H groups in total. The first-order valence-corrected chi connectivity index (χ1v) is 8.01. The monoisotopic (exact) mass is 418 g/mol. The van der Waals surface area contributed by atoms with Crippen LogP contribution in [0.1, 0.15) is 31.7 Å². The molecule has 1 atom stereocenters. The minimum absolute atomic E-state index is 0. The summed E-state index contributed by atoms with van der Waals surface area (Å²) in [6.45, 7) is 6.04. The SMILES string of the molecule is CCNC(=NCc1cnn(C)c1)NC1CCN(C2CC2)C1.I. The van der Waals surface area contributed by atoms with Crippen LogP contribution in [0.4, 0.5) is 0 Å². The third-order valence-electron chi connectivity index (χ3n) is 4.15. The number of likely N-dealkylation sites (tertiary alicyclic amines) is 1. The maximum absolute atomic E-state index is 4.67. The molecule has 124 valence electrons. The molecule has 0 radical (unpaired) electrons. The fourth-order valence-electron chi connectivity index (χ4n) is 2.91. The molecule has 2 heterocycles. The summed E-state index contributed by atoms with van der Waals surface area (Å²) in [6.07, 6.45) is 7.88. The number of halogens is 1. The van der Waals surface area contributed by atoms with E-state index in [-0.39, 0.29) is 24.0 Å². The summed E-state index contributed by atoms with van der Waals surface area (Å²) < 4.78 is 1.82. The molecule has 1 aliphatic heterocycles. The van der Waals surface area contributed by atoms with Crippen molar-refractivity contribution in [1.82, 2.24) is 25.3 Å². The van der Waals surface area contributed by atoms with Gasteiger partial charge in [0.2, 0.25) is 0 Å². The molecule has 2 fully saturated rings. The van der Waals surface area contributed by atoms with Gasteiger partial charge in [0.05, 0.1) is 12.7 Å². The number of aliphatic imine (C=N–C) groups is 1. The molecule has 1 aliphatic carbocycles. The molecular weight excluding hydrogens is 391 g/mol. The van der Waals surface area contributed by atoms with Crippen molar-refractivity contribution in [3.05, 3.63) is 18.0 Å². The maximum Gasteiger partial charge on any atom is 0.191 e. The molecule has 0 aromatic carbocycles. The minimum atomic E-state index is 0. The molecule has 0 bridgehead atoms. The second-order valence-electron chi connectivity index (χ2n) is 6.07. The van der Waals surface area contributed by atoms with Gasteiger partial charge in [-0.15, -0.1) is 24.0 Å². The zero-order valence-corrected chi connectivity index (χ0v) is 15.8. The lowest BCUT2D eigenvalue weighted by molar-refractivity contribution is 0.321. The van der Waals surface area contributed by atoms with Crippen LogP contribution in [0.3, 0.4) is 0 Å². The Morgan fingerprint density at radius 1 is 1.41 bits per heavy atom. The highest BCUT2D eigenvalue weighted by atomic mass is 127. The first-order valence-electron chi connectivity index (χ1n) is 8.01. The van der Waals surface area contributed by atoms with E-state index >= 15 is 0 Å². The van der Waals surface area contributed by atoms with Crippen molar-refractivity contribution in [1.29, 1.82) is 0 Å². The molecule has 1 aromatic rings. The Bertz CT molecular complexity index is 496. The number of hydrogen-bond acceptors (Lipinski definition) is 3. The van der Waals surface area contributed by atoms with E-state index in [1.807, 2.05) is 24.1 Å². The fourth-order valence-corrected chi connectivity index (χ4v) is 2.91. The molecule has 0 amide bonds. The van der Waals surface area contributed by atoms with Crippen LogP contribution in [0, 0.1) is 0 Å². The van der Waals surface area contributed by atoms with Crippen molar-refractivity contribution in [2.75, 3.05) is 19.6 Å². The largest absolute Gasteiger partial charge is 0.357 e. The molecule has 6 nitrogen and oxygen atoms in total. The van der Waals surface area contributed by atoms with E-state index in [0.717, 1.165) is 30.7 Å². The number of nitrogens with one attached hydrogen (secondary N) is 2. The molecule has 7 heteroatoms. The highest BCUT2D eigenvalue weighted by Gasteiger charge is 2.34. The van der Waals surface area contributed by atoms with E-state index in [1.54, 1.807) is 0 Å². The average Bonchev–Trinajstić information content (AvgIpc) is 3.08. The zero-order valence-electron chi connectivity index (χ0n) is 13.5. The van der Waals surface area contributed by atoms with Crippen LogP contribution in [0.5, 0.6) is 0 Å². The predicted molar refractivity (Wildman–Crippen MR) is 99.6 cm³/mol. The third kappa shape index (κ3) is 4.84. The summed E-state index contributed by atoms with van der Waals surface area (Å²) in [6, 6.07) is 1.39. The molecule has 2 aliphatic rings. The third-order valence-corrected chi connectivity index (χ3v) is 4.15. The number of hydrogen-bond donors (Lipinski definition) is 2. The molecule has 1 aromatic heterocycles. The van der Waals surface area contributed by atoms with Gasteiger partial charge >= 0.3 is 0 Å². The molecule has 1 saturated heterocycles. The van der Waals surface area contributed by atoms with E-state index < -0.39 is 0 Å². The fraction of sp³-hybridized carbons (Fsp3) is 0.733. The highest BCUT2D eigenvalue weighted by molar-refractivity contribution is 14.0. The summed E-state index contributed by atoms with van der Waals surface area (Å²) in [4.78, 5) is 7.28. The van der Waals surface area contributed by atoms with E-state index in [9.17, 15) is 0 Å². The number of aryl methyl sites for hydroxylation is 1. The molecule has 1 saturated carbocycles.